The summed E-state index contributed by atoms with van der Waals surface area (Å²) >= 11 is 0. The second-order valence-electron chi connectivity index (χ2n) is 4.17. The van der Waals surface area contributed by atoms with Gasteiger partial charge in [0, 0.05) is 31.5 Å². The minimum atomic E-state index is 0.294. The van der Waals surface area contributed by atoms with Gasteiger partial charge in [0.1, 0.15) is 0 Å². The molecule has 1 aromatic heterocycles. The Hall–Kier alpha value is -0.870. The van der Waals surface area contributed by atoms with Crippen LogP contribution in [0.25, 0.3) is 0 Å². The number of rotatable bonds is 6. The van der Waals surface area contributed by atoms with E-state index in [1.807, 2.05) is 10.9 Å². The molecule has 0 aliphatic rings. The fraction of sp³-hybridized carbons (Fsp3) is 0.727. The molecule has 0 spiro atoms. The number of methoxy groups -OCH3 is 1. The van der Waals surface area contributed by atoms with Crippen LogP contribution >= 0.6 is 0 Å². The molecule has 1 heterocycles. The molecule has 0 fully saturated rings. The van der Waals surface area contributed by atoms with E-state index in [0.717, 1.165) is 6.54 Å². The van der Waals surface area contributed by atoms with E-state index in [1.54, 1.807) is 7.11 Å². The van der Waals surface area contributed by atoms with Gasteiger partial charge in [-0.25, -0.2) is 0 Å². The highest BCUT2D eigenvalue weighted by molar-refractivity contribution is 5.04. The van der Waals surface area contributed by atoms with E-state index in [4.69, 9.17) is 4.74 Å². The van der Waals surface area contributed by atoms with Crippen LogP contribution < -0.4 is 5.32 Å². The van der Waals surface area contributed by atoms with Gasteiger partial charge in [0.05, 0.1) is 18.8 Å². The first-order chi connectivity index (χ1) is 7.13. The minimum Gasteiger partial charge on any atom is -0.382 e. The van der Waals surface area contributed by atoms with E-state index in [2.05, 4.69) is 37.4 Å². The van der Waals surface area contributed by atoms with Crippen molar-refractivity contribution >= 4 is 0 Å². The van der Waals surface area contributed by atoms with Crippen molar-refractivity contribution in [2.24, 2.45) is 0 Å². The summed E-state index contributed by atoms with van der Waals surface area (Å²) in [4.78, 5) is 0. The molecule has 0 aliphatic heterocycles. The number of nitrogens with one attached hydrogen (secondary N) is 1. The third-order valence-electron chi connectivity index (χ3n) is 2.23. The van der Waals surface area contributed by atoms with Crippen LogP contribution in [-0.2, 0) is 11.3 Å². The van der Waals surface area contributed by atoms with Crippen LogP contribution in [0.15, 0.2) is 12.4 Å². The topological polar surface area (TPSA) is 39.1 Å². The molecular formula is C11H21N3O. The van der Waals surface area contributed by atoms with Gasteiger partial charge in [-0.3, -0.25) is 4.68 Å². The van der Waals surface area contributed by atoms with Gasteiger partial charge >= 0.3 is 0 Å². The van der Waals surface area contributed by atoms with E-state index in [-0.39, 0.29) is 0 Å². The molecule has 0 aliphatic carbocycles. The third kappa shape index (κ3) is 4.01. The van der Waals surface area contributed by atoms with Crippen molar-refractivity contribution in [3.63, 3.8) is 0 Å². The Morgan fingerprint density at radius 2 is 2.20 bits per heavy atom. The molecule has 4 nitrogen and oxygen atoms in total. The Morgan fingerprint density at radius 3 is 2.80 bits per heavy atom. The fourth-order valence-corrected chi connectivity index (χ4v) is 1.35. The number of nitrogens with zero attached hydrogens (tertiary/aromatic N) is 2. The van der Waals surface area contributed by atoms with Gasteiger partial charge in [-0.05, 0) is 6.92 Å². The van der Waals surface area contributed by atoms with Crippen LogP contribution in [0.3, 0.4) is 0 Å². The van der Waals surface area contributed by atoms with E-state index >= 15 is 0 Å². The summed E-state index contributed by atoms with van der Waals surface area (Å²) in [5.41, 5.74) is 1.21. The zero-order valence-corrected chi connectivity index (χ0v) is 10.0. The lowest BCUT2D eigenvalue weighted by molar-refractivity contribution is 0.157. The molecule has 0 aromatic carbocycles. The van der Waals surface area contributed by atoms with Crippen molar-refractivity contribution in [2.75, 3.05) is 13.7 Å². The lowest BCUT2D eigenvalue weighted by atomic mass is 10.3. The predicted molar refractivity (Wildman–Crippen MR) is 60.8 cm³/mol. The average Bonchev–Trinajstić information content (AvgIpc) is 2.63. The molecule has 1 unspecified atom stereocenters. The molecule has 1 rings (SSSR count). The van der Waals surface area contributed by atoms with Crippen LogP contribution in [-0.4, -0.2) is 29.5 Å². The Labute approximate surface area is 91.6 Å². The molecule has 86 valence electrons. The van der Waals surface area contributed by atoms with Crippen LogP contribution in [0, 0.1) is 0 Å². The second kappa shape index (κ2) is 5.88. The predicted octanol–water partition coefficient (Wildman–Crippen LogP) is 1.59. The first-order valence-electron chi connectivity index (χ1n) is 5.38. The Balaban J connectivity index is 2.48. The van der Waals surface area contributed by atoms with Crippen LogP contribution in [0.4, 0.5) is 0 Å². The first kappa shape index (κ1) is 12.2. The number of hydrogen-bond donors (Lipinski definition) is 1. The smallest absolute Gasteiger partial charge is 0.0724 e. The average molecular weight is 211 g/mol. The van der Waals surface area contributed by atoms with Gasteiger partial charge in [-0.2, -0.15) is 5.10 Å². The molecule has 0 bridgehead atoms. The lowest BCUT2D eigenvalue weighted by Gasteiger charge is -2.10. The maximum absolute atomic E-state index is 5.09. The van der Waals surface area contributed by atoms with Crippen molar-refractivity contribution < 1.29 is 4.74 Å². The van der Waals surface area contributed by atoms with Gasteiger partial charge in [-0.1, -0.05) is 13.8 Å². The molecule has 15 heavy (non-hydrogen) atoms. The van der Waals surface area contributed by atoms with Gasteiger partial charge in [-0.15, -0.1) is 0 Å². The second-order valence-corrected chi connectivity index (χ2v) is 4.17. The molecule has 1 atom stereocenters. The van der Waals surface area contributed by atoms with Gasteiger partial charge < -0.3 is 10.1 Å². The Bertz CT molecular complexity index is 283. The first-order valence-corrected chi connectivity index (χ1v) is 5.38. The van der Waals surface area contributed by atoms with Crippen molar-refractivity contribution in [2.45, 2.75) is 39.4 Å². The molecule has 1 aromatic rings. The van der Waals surface area contributed by atoms with Gasteiger partial charge in [0.2, 0.25) is 0 Å². The molecular weight excluding hydrogens is 190 g/mol. The van der Waals surface area contributed by atoms with Crippen LogP contribution in [0.2, 0.25) is 0 Å². The normalized spacial score (nSPS) is 13.4. The highest BCUT2D eigenvalue weighted by Gasteiger charge is 2.06. The molecule has 0 amide bonds. The monoisotopic (exact) mass is 211 g/mol. The summed E-state index contributed by atoms with van der Waals surface area (Å²) < 4.78 is 7.03. The summed E-state index contributed by atoms with van der Waals surface area (Å²) in [6.07, 6.45) is 3.97. The van der Waals surface area contributed by atoms with Crippen molar-refractivity contribution in [3.05, 3.63) is 18.0 Å². The highest BCUT2D eigenvalue weighted by atomic mass is 16.5. The highest BCUT2D eigenvalue weighted by Crippen LogP contribution is 2.06. The van der Waals surface area contributed by atoms with Crippen LogP contribution in [0.1, 0.15) is 32.4 Å². The summed E-state index contributed by atoms with van der Waals surface area (Å²) in [5.74, 6) is 0. The number of aromatic nitrogens is 2. The quantitative estimate of drug-likeness (QED) is 0.776. The molecule has 0 radical (unpaired) electrons. The van der Waals surface area contributed by atoms with Crippen molar-refractivity contribution in [3.8, 4) is 0 Å². The van der Waals surface area contributed by atoms with Gasteiger partial charge in [0.25, 0.3) is 0 Å². The van der Waals surface area contributed by atoms with Crippen LogP contribution in [0.5, 0.6) is 0 Å². The third-order valence-corrected chi connectivity index (χ3v) is 2.23. The largest absolute Gasteiger partial charge is 0.382 e. The molecule has 0 saturated heterocycles. The van der Waals surface area contributed by atoms with Gasteiger partial charge in [0.15, 0.2) is 0 Å². The molecule has 0 saturated carbocycles. The van der Waals surface area contributed by atoms with Crippen molar-refractivity contribution in [1.29, 1.82) is 0 Å². The summed E-state index contributed by atoms with van der Waals surface area (Å²) in [5, 5.41) is 7.67. The fourth-order valence-electron chi connectivity index (χ4n) is 1.35. The van der Waals surface area contributed by atoms with E-state index in [1.165, 1.54) is 5.56 Å². The summed E-state index contributed by atoms with van der Waals surface area (Å²) in [6, 6.07) is 0.799. The van der Waals surface area contributed by atoms with E-state index < -0.39 is 0 Å². The summed E-state index contributed by atoms with van der Waals surface area (Å²) in [7, 11) is 1.71. The Kier molecular flexibility index (Phi) is 4.78. The SMILES string of the molecule is COCC(C)n1cc(CNC(C)C)cn1. The van der Waals surface area contributed by atoms with Crippen molar-refractivity contribution in [1.82, 2.24) is 15.1 Å². The zero-order valence-electron chi connectivity index (χ0n) is 10.0. The maximum Gasteiger partial charge on any atom is 0.0724 e. The number of hydrogen-bond acceptors (Lipinski definition) is 3. The zero-order chi connectivity index (χ0) is 11.3. The standard InChI is InChI=1S/C11H21N3O/c1-9(2)12-5-11-6-13-14(7-11)10(3)8-15-4/h6-7,9-10,12H,5,8H2,1-4H3. The maximum atomic E-state index is 5.09. The minimum absolute atomic E-state index is 0.294. The lowest BCUT2D eigenvalue weighted by Crippen LogP contribution is -2.21. The molecule has 1 N–H and O–H groups in total. The Morgan fingerprint density at radius 1 is 1.47 bits per heavy atom. The van der Waals surface area contributed by atoms with E-state index in [0.29, 0.717) is 18.7 Å². The molecule has 4 heteroatoms. The summed E-state index contributed by atoms with van der Waals surface area (Å²) in [6.45, 7) is 7.93. The van der Waals surface area contributed by atoms with E-state index in [9.17, 15) is 0 Å². The number of ether oxygens (including phenoxy) is 1.